The molecule has 0 unspecified atom stereocenters. The van der Waals surface area contributed by atoms with Crippen LogP contribution in [0.15, 0.2) is 0 Å². The normalized spacial score (nSPS) is 11.0. The Kier molecular flexibility index (Phi) is 6.25. The molecule has 0 radical (unpaired) electrons. The lowest BCUT2D eigenvalue weighted by Gasteiger charge is -2.34. The van der Waals surface area contributed by atoms with E-state index in [4.69, 9.17) is 5.11 Å². The molecule has 0 rings (SSSR count). The predicted octanol–water partition coefficient (Wildman–Crippen LogP) is 1.24. The second-order valence-electron chi connectivity index (χ2n) is 4.38. The predicted molar refractivity (Wildman–Crippen MR) is 65.9 cm³/mol. The molecular formula is C10H20N2O3S. The fraction of sp³-hybridized carbons (Fsp3) is 0.800. The lowest BCUT2D eigenvalue weighted by Crippen LogP contribution is -2.52. The lowest BCUT2D eigenvalue weighted by atomic mass is 10.1. The number of amides is 2. The molecule has 0 aromatic heterocycles. The molecule has 0 aliphatic rings. The Labute approximate surface area is 101 Å². The number of urea groups is 1. The second-order valence-corrected chi connectivity index (χ2v) is 5.36. The van der Waals surface area contributed by atoms with Crippen LogP contribution in [0.1, 0.15) is 20.8 Å². The molecule has 0 aliphatic carbocycles. The van der Waals surface area contributed by atoms with Crippen LogP contribution in [-0.4, -0.2) is 52.6 Å². The van der Waals surface area contributed by atoms with Gasteiger partial charge in [-0.1, -0.05) is 0 Å². The molecule has 0 fully saturated rings. The number of carboxylic acid groups (broad SMARTS) is 1. The maximum Gasteiger partial charge on any atom is 0.323 e. The van der Waals surface area contributed by atoms with Crippen molar-refractivity contribution in [1.82, 2.24) is 10.2 Å². The molecule has 0 atom stereocenters. The summed E-state index contributed by atoms with van der Waals surface area (Å²) >= 11 is 1.63. The molecule has 2 N–H and O–H groups in total. The van der Waals surface area contributed by atoms with E-state index in [-0.39, 0.29) is 12.6 Å². The zero-order valence-corrected chi connectivity index (χ0v) is 11.1. The minimum Gasteiger partial charge on any atom is -0.480 e. The zero-order chi connectivity index (χ0) is 12.8. The van der Waals surface area contributed by atoms with Gasteiger partial charge in [0.05, 0.1) is 0 Å². The van der Waals surface area contributed by atoms with Gasteiger partial charge in [0.25, 0.3) is 0 Å². The first-order valence-electron chi connectivity index (χ1n) is 5.05. The van der Waals surface area contributed by atoms with Crippen molar-refractivity contribution in [3.63, 3.8) is 0 Å². The molecule has 0 saturated carbocycles. The van der Waals surface area contributed by atoms with Crippen molar-refractivity contribution in [2.45, 2.75) is 26.3 Å². The SMILES string of the molecule is CSCCNC(=O)N(CC(=O)O)C(C)(C)C. The average molecular weight is 248 g/mol. The van der Waals surface area contributed by atoms with Crippen LogP contribution >= 0.6 is 11.8 Å². The van der Waals surface area contributed by atoms with E-state index in [1.54, 1.807) is 11.8 Å². The van der Waals surface area contributed by atoms with Crippen molar-refractivity contribution >= 4 is 23.8 Å². The van der Waals surface area contributed by atoms with Gasteiger partial charge >= 0.3 is 12.0 Å². The third-order valence-electron chi connectivity index (χ3n) is 1.93. The van der Waals surface area contributed by atoms with E-state index in [9.17, 15) is 9.59 Å². The van der Waals surface area contributed by atoms with Crippen molar-refractivity contribution in [3.8, 4) is 0 Å². The number of thioether (sulfide) groups is 1. The first-order valence-corrected chi connectivity index (χ1v) is 6.44. The summed E-state index contributed by atoms with van der Waals surface area (Å²) in [6.45, 7) is 5.69. The van der Waals surface area contributed by atoms with Crippen molar-refractivity contribution in [3.05, 3.63) is 0 Å². The number of nitrogens with zero attached hydrogens (tertiary/aromatic N) is 1. The monoisotopic (exact) mass is 248 g/mol. The maximum absolute atomic E-state index is 11.7. The van der Waals surface area contributed by atoms with E-state index >= 15 is 0 Å². The Morgan fingerprint density at radius 2 is 1.94 bits per heavy atom. The maximum atomic E-state index is 11.7. The van der Waals surface area contributed by atoms with Crippen LogP contribution in [0.25, 0.3) is 0 Å². The molecule has 0 heterocycles. The van der Waals surface area contributed by atoms with E-state index < -0.39 is 11.5 Å². The first-order chi connectivity index (χ1) is 7.29. The van der Waals surface area contributed by atoms with Gasteiger partial charge in [0.1, 0.15) is 6.54 Å². The Bertz CT molecular complexity index is 251. The average Bonchev–Trinajstić information content (AvgIpc) is 2.12. The van der Waals surface area contributed by atoms with Crippen LogP contribution in [0.4, 0.5) is 4.79 Å². The summed E-state index contributed by atoms with van der Waals surface area (Å²) in [7, 11) is 0. The summed E-state index contributed by atoms with van der Waals surface area (Å²) < 4.78 is 0. The van der Waals surface area contributed by atoms with Crippen molar-refractivity contribution in [2.75, 3.05) is 25.1 Å². The van der Waals surface area contributed by atoms with E-state index in [1.165, 1.54) is 4.90 Å². The minimum atomic E-state index is -1.00. The number of aliphatic carboxylic acids is 1. The first kappa shape index (κ1) is 15.1. The van der Waals surface area contributed by atoms with Gasteiger partial charge in [-0.3, -0.25) is 4.79 Å². The highest BCUT2D eigenvalue weighted by Crippen LogP contribution is 2.12. The second kappa shape index (κ2) is 6.62. The van der Waals surface area contributed by atoms with E-state index in [1.807, 2.05) is 27.0 Å². The lowest BCUT2D eigenvalue weighted by molar-refractivity contribution is -0.138. The van der Waals surface area contributed by atoms with Gasteiger partial charge in [-0.2, -0.15) is 11.8 Å². The van der Waals surface area contributed by atoms with Crippen molar-refractivity contribution in [1.29, 1.82) is 0 Å². The van der Waals surface area contributed by atoms with Gasteiger partial charge in [-0.25, -0.2) is 4.79 Å². The number of nitrogens with one attached hydrogen (secondary N) is 1. The van der Waals surface area contributed by atoms with Gasteiger partial charge in [-0.15, -0.1) is 0 Å². The molecule has 16 heavy (non-hydrogen) atoms. The van der Waals surface area contributed by atoms with Gasteiger partial charge in [0, 0.05) is 17.8 Å². The molecule has 0 bridgehead atoms. The largest absolute Gasteiger partial charge is 0.480 e. The molecule has 0 aliphatic heterocycles. The fourth-order valence-corrected chi connectivity index (χ4v) is 1.41. The topological polar surface area (TPSA) is 69.6 Å². The Balaban J connectivity index is 4.39. The summed E-state index contributed by atoms with van der Waals surface area (Å²) in [6.07, 6.45) is 1.95. The molecule has 5 nitrogen and oxygen atoms in total. The molecule has 0 spiro atoms. The number of carbonyl (C=O) groups excluding carboxylic acids is 1. The van der Waals surface area contributed by atoms with E-state index in [2.05, 4.69) is 5.32 Å². The van der Waals surface area contributed by atoms with Gasteiger partial charge < -0.3 is 15.3 Å². The van der Waals surface area contributed by atoms with Crippen molar-refractivity contribution in [2.24, 2.45) is 0 Å². The highest BCUT2D eigenvalue weighted by molar-refractivity contribution is 7.98. The van der Waals surface area contributed by atoms with Crippen LogP contribution in [0.3, 0.4) is 0 Å². The molecule has 2 amide bonds. The third-order valence-corrected chi connectivity index (χ3v) is 2.54. The van der Waals surface area contributed by atoms with Gasteiger partial charge in [0.15, 0.2) is 0 Å². The highest BCUT2D eigenvalue weighted by Gasteiger charge is 2.27. The van der Waals surface area contributed by atoms with Crippen molar-refractivity contribution < 1.29 is 14.7 Å². The fourth-order valence-electron chi connectivity index (χ4n) is 1.10. The number of hydrogen-bond donors (Lipinski definition) is 2. The summed E-state index contributed by atoms with van der Waals surface area (Å²) in [4.78, 5) is 23.7. The standard InChI is InChI=1S/C10H20N2O3S/c1-10(2,3)12(7-8(13)14)9(15)11-5-6-16-4/h5-7H2,1-4H3,(H,11,15)(H,13,14). The van der Waals surface area contributed by atoms with Gasteiger partial charge in [-0.05, 0) is 27.0 Å². The zero-order valence-electron chi connectivity index (χ0n) is 10.2. The summed E-state index contributed by atoms with van der Waals surface area (Å²) in [5.41, 5.74) is -0.498. The molecule has 0 aromatic carbocycles. The smallest absolute Gasteiger partial charge is 0.323 e. The van der Waals surface area contributed by atoms with Gasteiger partial charge in [0.2, 0.25) is 0 Å². The molecular weight excluding hydrogens is 228 g/mol. The van der Waals surface area contributed by atoms with Crippen LogP contribution in [0.5, 0.6) is 0 Å². The number of carbonyl (C=O) groups is 2. The Morgan fingerprint density at radius 3 is 2.31 bits per heavy atom. The van der Waals surface area contributed by atoms with Crippen LogP contribution < -0.4 is 5.32 Å². The number of rotatable bonds is 5. The highest BCUT2D eigenvalue weighted by atomic mass is 32.2. The molecule has 0 saturated heterocycles. The summed E-state index contributed by atoms with van der Waals surface area (Å²) in [5, 5.41) is 11.4. The Morgan fingerprint density at radius 1 is 1.38 bits per heavy atom. The molecule has 0 aromatic rings. The number of carboxylic acids is 1. The van der Waals surface area contributed by atoms with Crippen LogP contribution in [-0.2, 0) is 4.79 Å². The van der Waals surface area contributed by atoms with Crippen LogP contribution in [0.2, 0.25) is 0 Å². The Hall–Kier alpha value is -0.910. The quantitative estimate of drug-likeness (QED) is 0.718. The minimum absolute atomic E-state index is 0.283. The molecule has 94 valence electrons. The summed E-state index contributed by atoms with van der Waals surface area (Å²) in [5.74, 6) is -0.188. The third kappa shape index (κ3) is 5.85. The van der Waals surface area contributed by atoms with Crippen LogP contribution in [0, 0.1) is 0 Å². The van der Waals surface area contributed by atoms with E-state index in [0.29, 0.717) is 6.54 Å². The number of hydrogen-bond acceptors (Lipinski definition) is 3. The van der Waals surface area contributed by atoms with E-state index in [0.717, 1.165) is 5.75 Å². The molecule has 6 heteroatoms. The summed E-state index contributed by atoms with van der Waals surface area (Å²) in [6, 6.07) is -0.330.